The highest BCUT2D eigenvalue weighted by atomic mass is 16.5. The van der Waals surface area contributed by atoms with Crippen molar-refractivity contribution in [3.05, 3.63) is 47.9 Å². The van der Waals surface area contributed by atoms with Crippen LogP contribution in [0.25, 0.3) is 11.3 Å². The summed E-state index contributed by atoms with van der Waals surface area (Å²) < 4.78 is 19.0. The zero-order valence-electron chi connectivity index (χ0n) is 16.4. The van der Waals surface area contributed by atoms with E-state index >= 15 is 0 Å². The molecule has 0 saturated heterocycles. The Morgan fingerprint density at radius 1 is 1.21 bits per heavy atom. The van der Waals surface area contributed by atoms with Gasteiger partial charge in [0.25, 0.3) is 0 Å². The SMILES string of the molecule is COc1cc2c(cc1-c1cn(C(C)Cc3ncccc3C)nn1)OCCCO2. The number of fused-ring (bicyclic) bond motifs is 1. The third kappa shape index (κ3) is 3.65. The lowest BCUT2D eigenvalue weighted by molar-refractivity contribution is 0.296. The van der Waals surface area contributed by atoms with Gasteiger partial charge in [0.05, 0.1) is 32.6 Å². The number of hydrogen-bond donors (Lipinski definition) is 0. The van der Waals surface area contributed by atoms with Gasteiger partial charge in [0.1, 0.15) is 11.4 Å². The first-order chi connectivity index (χ1) is 13.7. The molecule has 0 saturated carbocycles. The van der Waals surface area contributed by atoms with E-state index in [0.29, 0.717) is 30.5 Å². The summed E-state index contributed by atoms with van der Waals surface area (Å²) in [6.45, 7) is 5.45. The van der Waals surface area contributed by atoms with Crippen LogP contribution in [-0.4, -0.2) is 40.3 Å². The fraction of sp³-hybridized carbons (Fsp3) is 0.381. The highest BCUT2D eigenvalue weighted by Gasteiger charge is 2.19. The van der Waals surface area contributed by atoms with Gasteiger partial charge in [-0.1, -0.05) is 11.3 Å². The van der Waals surface area contributed by atoms with E-state index in [2.05, 4.69) is 35.2 Å². The fourth-order valence-electron chi connectivity index (χ4n) is 3.28. The van der Waals surface area contributed by atoms with E-state index in [1.807, 2.05) is 35.3 Å². The van der Waals surface area contributed by atoms with Gasteiger partial charge in [0.15, 0.2) is 11.5 Å². The minimum Gasteiger partial charge on any atom is -0.496 e. The zero-order valence-corrected chi connectivity index (χ0v) is 16.4. The Morgan fingerprint density at radius 3 is 2.75 bits per heavy atom. The van der Waals surface area contributed by atoms with Crippen molar-refractivity contribution >= 4 is 0 Å². The molecule has 28 heavy (non-hydrogen) atoms. The van der Waals surface area contributed by atoms with E-state index in [4.69, 9.17) is 14.2 Å². The Kier molecular flexibility index (Phi) is 5.14. The minimum atomic E-state index is 0.126. The van der Waals surface area contributed by atoms with Crippen molar-refractivity contribution in [1.82, 2.24) is 20.0 Å². The average molecular weight is 380 g/mol. The Balaban J connectivity index is 1.62. The number of pyridine rings is 1. The van der Waals surface area contributed by atoms with E-state index < -0.39 is 0 Å². The first-order valence-electron chi connectivity index (χ1n) is 9.46. The Morgan fingerprint density at radius 2 is 2.00 bits per heavy atom. The van der Waals surface area contributed by atoms with Crippen LogP contribution < -0.4 is 14.2 Å². The van der Waals surface area contributed by atoms with Gasteiger partial charge in [-0.3, -0.25) is 4.98 Å². The number of ether oxygens (including phenoxy) is 3. The van der Waals surface area contributed by atoms with Gasteiger partial charge in [0, 0.05) is 36.4 Å². The van der Waals surface area contributed by atoms with E-state index in [1.54, 1.807) is 7.11 Å². The highest BCUT2D eigenvalue weighted by Crippen LogP contribution is 2.40. The average Bonchev–Trinajstić information content (AvgIpc) is 3.09. The number of methoxy groups -OCH3 is 1. The van der Waals surface area contributed by atoms with E-state index in [9.17, 15) is 0 Å². The maximum atomic E-state index is 5.81. The molecular weight excluding hydrogens is 356 g/mol. The molecule has 146 valence electrons. The number of aromatic nitrogens is 4. The molecule has 1 aliphatic heterocycles. The van der Waals surface area contributed by atoms with Crippen LogP contribution >= 0.6 is 0 Å². The summed E-state index contributed by atoms with van der Waals surface area (Å²) in [6.07, 6.45) is 5.40. The van der Waals surface area contributed by atoms with Gasteiger partial charge in [-0.15, -0.1) is 5.10 Å². The first kappa shape index (κ1) is 18.3. The number of benzene rings is 1. The van der Waals surface area contributed by atoms with E-state index in [0.717, 1.165) is 29.8 Å². The van der Waals surface area contributed by atoms with Gasteiger partial charge in [-0.2, -0.15) is 0 Å². The molecule has 7 nitrogen and oxygen atoms in total. The Bertz CT molecular complexity index is 970. The van der Waals surface area contributed by atoms with Crippen LogP contribution in [0.3, 0.4) is 0 Å². The Hall–Kier alpha value is -3.09. The predicted molar refractivity (Wildman–Crippen MR) is 105 cm³/mol. The van der Waals surface area contributed by atoms with Crippen LogP contribution in [0.5, 0.6) is 17.2 Å². The van der Waals surface area contributed by atoms with Crippen molar-refractivity contribution in [1.29, 1.82) is 0 Å². The second kappa shape index (κ2) is 7.88. The molecule has 1 unspecified atom stereocenters. The predicted octanol–water partition coefficient (Wildman–Crippen LogP) is 3.62. The van der Waals surface area contributed by atoms with Crippen LogP contribution in [0.1, 0.15) is 30.6 Å². The van der Waals surface area contributed by atoms with E-state index in [-0.39, 0.29) is 6.04 Å². The molecule has 0 fully saturated rings. The van der Waals surface area contributed by atoms with Crippen LogP contribution in [-0.2, 0) is 6.42 Å². The lowest BCUT2D eigenvalue weighted by Crippen LogP contribution is -2.10. The monoisotopic (exact) mass is 380 g/mol. The van der Waals surface area contributed by atoms with Crippen LogP contribution in [0.2, 0.25) is 0 Å². The van der Waals surface area contributed by atoms with Gasteiger partial charge >= 0.3 is 0 Å². The van der Waals surface area contributed by atoms with Gasteiger partial charge in [0.2, 0.25) is 0 Å². The van der Waals surface area contributed by atoms with Gasteiger partial charge in [-0.25, -0.2) is 4.68 Å². The molecule has 1 aromatic carbocycles. The zero-order chi connectivity index (χ0) is 19.5. The standard InChI is InChI=1S/C21H24N4O3/c1-14-6-4-7-22-17(14)10-15(2)25-13-18(23-24-25)16-11-20-21(12-19(16)26-3)28-9-5-8-27-20/h4,6-7,11-13,15H,5,8-10H2,1-3H3. The summed E-state index contributed by atoms with van der Waals surface area (Å²) in [7, 11) is 1.64. The maximum Gasteiger partial charge on any atom is 0.164 e. The van der Waals surface area contributed by atoms with Gasteiger partial charge in [-0.05, 0) is 31.5 Å². The number of hydrogen-bond acceptors (Lipinski definition) is 6. The second-order valence-corrected chi connectivity index (χ2v) is 6.95. The molecule has 0 radical (unpaired) electrons. The quantitative estimate of drug-likeness (QED) is 0.673. The minimum absolute atomic E-state index is 0.126. The third-order valence-electron chi connectivity index (χ3n) is 4.91. The van der Waals surface area contributed by atoms with Gasteiger partial charge < -0.3 is 14.2 Å². The normalized spacial score (nSPS) is 14.4. The van der Waals surface area contributed by atoms with Crippen molar-refractivity contribution in [2.75, 3.05) is 20.3 Å². The third-order valence-corrected chi connectivity index (χ3v) is 4.91. The first-order valence-corrected chi connectivity index (χ1v) is 9.46. The molecule has 1 aliphatic rings. The molecule has 2 aromatic heterocycles. The second-order valence-electron chi connectivity index (χ2n) is 6.95. The summed E-state index contributed by atoms with van der Waals surface area (Å²) in [5, 5.41) is 8.70. The molecule has 0 aliphatic carbocycles. The Labute approximate surface area is 164 Å². The smallest absolute Gasteiger partial charge is 0.164 e. The van der Waals surface area contributed by atoms with Crippen LogP contribution in [0.15, 0.2) is 36.7 Å². The van der Waals surface area contributed by atoms with Crippen molar-refractivity contribution < 1.29 is 14.2 Å². The molecule has 3 heterocycles. The lowest BCUT2D eigenvalue weighted by Gasteiger charge is -2.13. The summed E-state index contributed by atoms with van der Waals surface area (Å²) >= 11 is 0. The summed E-state index contributed by atoms with van der Waals surface area (Å²) in [5.41, 5.74) is 3.82. The van der Waals surface area contributed by atoms with E-state index in [1.165, 1.54) is 5.56 Å². The van der Waals surface area contributed by atoms with Crippen LogP contribution in [0.4, 0.5) is 0 Å². The molecule has 0 amide bonds. The molecule has 7 heteroatoms. The number of rotatable bonds is 5. The summed E-state index contributed by atoms with van der Waals surface area (Å²) in [4.78, 5) is 4.48. The molecule has 0 spiro atoms. The maximum absolute atomic E-state index is 5.81. The van der Waals surface area contributed by atoms with Crippen molar-refractivity contribution in [3.63, 3.8) is 0 Å². The molecule has 0 N–H and O–H groups in total. The largest absolute Gasteiger partial charge is 0.496 e. The molecular formula is C21H24N4O3. The molecule has 3 aromatic rings. The van der Waals surface area contributed by atoms with Crippen molar-refractivity contribution in [3.8, 4) is 28.5 Å². The molecule has 0 bridgehead atoms. The van der Waals surface area contributed by atoms with Crippen LogP contribution in [0, 0.1) is 6.92 Å². The summed E-state index contributed by atoms with van der Waals surface area (Å²) in [6, 6.07) is 7.93. The topological polar surface area (TPSA) is 71.3 Å². The number of nitrogens with zero attached hydrogens (tertiary/aromatic N) is 4. The molecule has 1 atom stereocenters. The highest BCUT2D eigenvalue weighted by molar-refractivity contribution is 5.71. The van der Waals surface area contributed by atoms with Crippen molar-refractivity contribution in [2.45, 2.75) is 32.7 Å². The summed E-state index contributed by atoms with van der Waals surface area (Å²) in [5.74, 6) is 2.09. The van der Waals surface area contributed by atoms with Crippen molar-refractivity contribution in [2.24, 2.45) is 0 Å². The fourth-order valence-corrected chi connectivity index (χ4v) is 3.28. The lowest BCUT2D eigenvalue weighted by atomic mass is 10.1. The molecule has 4 rings (SSSR count). The number of aryl methyl sites for hydroxylation is 1.